The highest BCUT2D eigenvalue weighted by atomic mass is 35.5. The van der Waals surface area contributed by atoms with Gasteiger partial charge in [0.1, 0.15) is 0 Å². The molecule has 2 rings (SSSR count). The van der Waals surface area contributed by atoms with E-state index in [1.54, 1.807) is 0 Å². The van der Waals surface area contributed by atoms with Gasteiger partial charge in [0.05, 0.1) is 7.11 Å². The lowest BCUT2D eigenvalue weighted by Crippen LogP contribution is -2.36. The van der Waals surface area contributed by atoms with Crippen molar-refractivity contribution in [2.45, 2.75) is 18.9 Å². The summed E-state index contributed by atoms with van der Waals surface area (Å²) in [4.78, 5) is 14.1. The fraction of sp³-hybridized carbons (Fsp3) is 0.700. The maximum Gasteiger partial charge on any atom is 0.322 e. The van der Waals surface area contributed by atoms with Crippen molar-refractivity contribution in [2.75, 3.05) is 32.1 Å². The Labute approximate surface area is 105 Å². The van der Waals surface area contributed by atoms with Crippen LogP contribution >= 0.6 is 11.6 Å². The number of aromatic nitrogens is 3. The topological polar surface area (TPSA) is 63.2 Å². The normalized spacial score (nSPS) is 19.4. The average Bonchev–Trinajstić information content (AvgIpc) is 2.81. The summed E-state index contributed by atoms with van der Waals surface area (Å²) in [6.45, 7) is 1.93. The van der Waals surface area contributed by atoms with Crippen molar-refractivity contribution in [3.63, 3.8) is 0 Å². The minimum absolute atomic E-state index is 0.151. The van der Waals surface area contributed by atoms with Crippen LogP contribution in [0, 0.1) is 0 Å². The number of halogens is 1. The Morgan fingerprint density at radius 2 is 2.29 bits per heavy atom. The zero-order valence-corrected chi connectivity index (χ0v) is 10.7. The lowest BCUT2D eigenvalue weighted by molar-refractivity contribution is 0.378. The standard InChI is InChI=1S/C10H16ClN5O/c1-16(6-7-4-3-5-12-7)9-13-8(11)14-10(15-9)17-2/h7,12H,3-6H2,1-2H3. The van der Waals surface area contributed by atoms with Gasteiger partial charge in [0, 0.05) is 19.6 Å². The third kappa shape index (κ3) is 3.17. The molecule has 0 spiro atoms. The van der Waals surface area contributed by atoms with Crippen LogP contribution in [0.5, 0.6) is 6.01 Å². The molecule has 94 valence electrons. The van der Waals surface area contributed by atoms with Crippen LogP contribution in [-0.2, 0) is 0 Å². The Morgan fingerprint density at radius 3 is 2.94 bits per heavy atom. The van der Waals surface area contributed by atoms with Crippen molar-refractivity contribution in [1.82, 2.24) is 20.3 Å². The van der Waals surface area contributed by atoms with Gasteiger partial charge >= 0.3 is 6.01 Å². The Bertz CT molecular complexity index is 383. The van der Waals surface area contributed by atoms with Crippen molar-refractivity contribution in [1.29, 1.82) is 0 Å². The molecule has 7 heteroatoms. The van der Waals surface area contributed by atoms with E-state index in [4.69, 9.17) is 16.3 Å². The molecule has 0 bridgehead atoms. The molecule has 1 fully saturated rings. The van der Waals surface area contributed by atoms with Crippen molar-refractivity contribution in [2.24, 2.45) is 0 Å². The quantitative estimate of drug-likeness (QED) is 0.858. The van der Waals surface area contributed by atoms with E-state index in [1.165, 1.54) is 20.0 Å². The first-order valence-electron chi connectivity index (χ1n) is 5.59. The minimum Gasteiger partial charge on any atom is -0.467 e. The number of likely N-dealkylation sites (N-methyl/N-ethyl adjacent to an activating group) is 1. The summed E-state index contributed by atoms with van der Waals surface area (Å²) in [6.07, 6.45) is 2.40. The molecule has 1 aromatic rings. The van der Waals surface area contributed by atoms with Crippen molar-refractivity contribution in [3.8, 4) is 6.01 Å². The zero-order chi connectivity index (χ0) is 12.3. The molecule has 6 nitrogen and oxygen atoms in total. The Balaban J connectivity index is 2.06. The summed E-state index contributed by atoms with van der Waals surface area (Å²) in [7, 11) is 3.44. The van der Waals surface area contributed by atoms with Crippen LogP contribution in [-0.4, -0.2) is 48.2 Å². The number of rotatable bonds is 4. The van der Waals surface area contributed by atoms with Gasteiger partial charge in [0.2, 0.25) is 11.2 Å². The maximum absolute atomic E-state index is 5.80. The Hall–Kier alpha value is -1.14. The van der Waals surface area contributed by atoms with Crippen LogP contribution in [0.15, 0.2) is 0 Å². The highest BCUT2D eigenvalue weighted by Crippen LogP contribution is 2.15. The largest absolute Gasteiger partial charge is 0.467 e. The summed E-state index contributed by atoms with van der Waals surface area (Å²) in [6, 6.07) is 0.729. The SMILES string of the molecule is COc1nc(Cl)nc(N(C)CC2CCCN2)n1. The van der Waals surface area contributed by atoms with Crippen LogP contribution in [0.25, 0.3) is 0 Å². The summed E-state index contributed by atoms with van der Waals surface area (Å²) in [5.41, 5.74) is 0. The summed E-state index contributed by atoms with van der Waals surface area (Å²) < 4.78 is 4.97. The van der Waals surface area contributed by atoms with Crippen LogP contribution < -0.4 is 15.0 Å². The minimum atomic E-state index is 0.151. The second-order valence-corrected chi connectivity index (χ2v) is 4.40. The van der Waals surface area contributed by atoms with Gasteiger partial charge in [-0.25, -0.2) is 0 Å². The molecule has 0 aliphatic carbocycles. The third-order valence-electron chi connectivity index (χ3n) is 2.76. The summed E-state index contributed by atoms with van der Waals surface area (Å²) in [5.74, 6) is 0.538. The van der Waals surface area contributed by atoms with Gasteiger partial charge in [-0.3, -0.25) is 0 Å². The molecular weight excluding hydrogens is 242 g/mol. The van der Waals surface area contributed by atoms with E-state index in [2.05, 4.69) is 20.3 Å². The molecule has 1 atom stereocenters. The number of hydrogen-bond donors (Lipinski definition) is 1. The lowest BCUT2D eigenvalue weighted by Gasteiger charge is -2.21. The van der Waals surface area contributed by atoms with Gasteiger partial charge in [0.25, 0.3) is 0 Å². The van der Waals surface area contributed by atoms with Crippen molar-refractivity contribution >= 4 is 17.5 Å². The maximum atomic E-state index is 5.80. The monoisotopic (exact) mass is 257 g/mol. The first kappa shape index (κ1) is 12.3. The smallest absolute Gasteiger partial charge is 0.322 e. The number of ether oxygens (including phenoxy) is 1. The van der Waals surface area contributed by atoms with Crippen LogP contribution in [0.3, 0.4) is 0 Å². The molecule has 0 aromatic carbocycles. The number of nitrogens with one attached hydrogen (secondary N) is 1. The Kier molecular flexibility index (Phi) is 3.96. The molecule has 2 heterocycles. The third-order valence-corrected chi connectivity index (χ3v) is 2.93. The van der Waals surface area contributed by atoms with Crippen LogP contribution in [0.1, 0.15) is 12.8 Å². The van der Waals surface area contributed by atoms with Gasteiger partial charge in [-0.15, -0.1) is 0 Å². The van der Waals surface area contributed by atoms with E-state index < -0.39 is 0 Å². The number of hydrogen-bond acceptors (Lipinski definition) is 6. The second kappa shape index (κ2) is 5.46. The van der Waals surface area contributed by atoms with Crippen molar-refractivity contribution in [3.05, 3.63) is 5.28 Å². The van der Waals surface area contributed by atoms with E-state index in [9.17, 15) is 0 Å². The lowest BCUT2D eigenvalue weighted by atomic mass is 10.2. The number of anilines is 1. The molecule has 0 amide bonds. The molecule has 17 heavy (non-hydrogen) atoms. The van der Waals surface area contributed by atoms with E-state index in [1.807, 2.05) is 11.9 Å². The van der Waals surface area contributed by atoms with Crippen molar-refractivity contribution < 1.29 is 4.74 Å². The van der Waals surface area contributed by atoms with E-state index in [0.717, 1.165) is 13.1 Å². The highest BCUT2D eigenvalue weighted by Gasteiger charge is 2.18. The predicted octanol–water partition coefficient (Wildman–Crippen LogP) is 0.722. The summed E-state index contributed by atoms with van der Waals surface area (Å²) >= 11 is 5.80. The Morgan fingerprint density at radius 1 is 1.47 bits per heavy atom. The molecular formula is C10H16ClN5O. The molecule has 1 aliphatic rings. The van der Waals surface area contributed by atoms with Crippen LogP contribution in [0.2, 0.25) is 5.28 Å². The zero-order valence-electron chi connectivity index (χ0n) is 9.98. The second-order valence-electron chi connectivity index (χ2n) is 4.06. The molecule has 1 aliphatic heterocycles. The fourth-order valence-electron chi connectivity index (χ4n) is 1.91. The van der Waals surface area contributed by atoms with E-state index in [0.29, 0.717) is 12.0 Å². The molecule has 1 saturated heterocycles. The van der Waals surface area contributed by atoms with Gasteiger partial charge in [0.15, 0.2) is 0 Å². The molecule has 0 radical (unpaired) electrons. The average molecular weight is 258 g/mol. The van der Waals surface area contributed by atoms with Gasteiger partial charge < -0.3 is 15.0 Å². The van der Waals surface area contributed by atoms with Gasteiger partial charge in [-0.05, 0) is 31.0 Å². The molecule has 1 unspecified atom stereocenters. The number of nitrogens with zero attached hydrogens (tertiary/aromatic N) is 4. The summed E-state index contributed by atoms with van der Waals surface area (Å²) in [5, 5.41) is 3.57. The van der Waals surface area contributed by atoms with Crippen LogP contribution in [0.4, 0.5) is 5.95 Å². The van der Waals surface area contributed by atoms with E-state index >= 15 is 0 Å². The van der Waals surface area contributed by atoms with E-state index in [-0.39, 0.29) is 11.3 Å². The van der Waals surface area contributed by atoms with Gasteiger partial charge in [-0.2, -0.15) is 15.0 Å². The predicted molar refractivity (Wildman–Crippen MR) is 65.7 cm³/mol. The fourth-order valence-corrected chi connectivity index (χ4v) is 2.06. The first-order chi connectivity index (χ1) is 8.19. The molecule has 1 aromatic heterocycles. The highest BCUT2D eigenvalue weighted by molar-refractivity contribution is 6.28. The van der Waals surface area contributed by atoms with Gasteiger partial charge in [-0.1, -0.05) is 0 Å². The first-order valence-corrected chi connectivity index (χ1v) is 5.97. The molecule has 0 saturated carbocycles. The molecule has 1 N–H and O–H groups in total. The number of methoxy groups -OCH3 is 1.